The van der Waals surface area contributed by atoms with Crippen LogP contribution in [0.5, 0.6) is 11.5 Å². The standard InChI is InChI=1S/C19H28O3/c1-13(2)21-16-10-11-17(18(12-16)22-14(3)4)19(20)15-8-6-5-7-9-15/h10-15H,5-9H2,1-4H3. The molecule has 0 bridgehead atoms. The van der Waals surface area contributed by atoms with Gasteiger partial charge in [-0.05, 0) is 52.7 Å². The minimum atomic E-state index is 0.0344. The Balaban J connectivity index is 2.25. The van der Waals surface area contributed by atoms with Crippen LogP contribution in [0.25, 0.3) is 0 Å². The van der Waals surface area contributed by atoms with Crippen LogP contribution in [0.1, 0.15) is 70.2 Å². The Morgan fingerprint density at radius 3 is 2.23 bits per heavy atom. The van der Waals surface area contributed by atoms with Crippen molar-refractivity contribution in [3.8, 4) is 11.5 Å². The fraction of sp³-hybridized carbons (Fsp3) is 0.632. The minimum Gasteiger partial charge on any atom is -0.491 e. The van der Waals surface area contributed by atoms with E-state index in [1.807, 2.05) is 45.9 Å². The second-order valence-electron chi connectivity index (χ2n) is 6.69. The van der Waals surface area contributed by atoms with Crippen LogP contribution >= 0.6 is 0 Å². The van der Waals surface area contributed by atoms with Crippen molar-refractivity contribution in [3.05, 3.63) is 23.8 Å². The van der Waals surface area contributed by atoms with Gasteiger partial charge >= 0.3 is 0 Å². The zero-order valence-electron chi connectivity index (χ0n) is 14.2. The van der Waals surface area contributed by atoms with Gasteiger partial charge in [0.05, 0.1) is 17.8 Å². The van der Waals surface area contributed by atoms with Gasteiger partial charge in [-0.25, -0.2) is 0 Å². The van der Waals surface area contributed by atoms with Crippen molar-refractivity contribution < 1.29 is 14.3 Å². The number of carbonyl (C=O) groups excluding carboxylic acids is 1. The van der Waals surface area contributed by atoms with Gasteiger partial charge in [-0.1, -0.05) is 19.3 Å². The van der Waals surface area contributed by atoms with Gasteiger partial charge < -0.3 is 9.47 Å². The molecule has 0 amide bonds. The number of ether oxygens (including phenoxy) is 2. The topological polar surface area (TPSA) is 35.5 Å². The van der Waals surface area contributed by atoms with Gasteiger partial charge in [0, 0.05) is 12.0 Å². The van der Waals surface area contributed by atoms with Crippen molar-refractivity contribution in [2.24, 2.45) is 5.92 Å². The molecule has 1 aliphatic rings. The maximum absolute atomic E-state index is 12.8. The van der Waals surface area contributed by atoms with Gasteiger partial charge in [-0.15, -0.1) is 0 Å². The quantitative estimate of drug-likeness (QED) is 0.692. The molecule has 122 valence electrons. The number of hydrogen-bond donors (Lipinski definition) is 0. The molecule has 0 N–H and O–H groups in total. The first-order valence-corrected chi connectivity index (χ1v) is 8.49. The second kappa shape index (κ2) is 7.66. The molecule has 0 atom stereocenters. The summed E-state index contributed by atoms with van der Waals surface area (Å²) in [4.78, 5) is 12.8. The normalized spacial score (nSPS) is 16.1. The van der Waals surface area contributed by atoms with E-state index in [9.17, 15) is 4.79 Å². The lowest BCUT2D eigenvalue weighted by atomic mass is 9.83. The SMILES string of the molecule is CC(C)Oc1ccc(C(=O)C2CCCCC2)c(OC(C)C)c1. The van der Waals surface area contributed by atoms with Crippen LogP contribution in [0.15, 0.2) is 18.2 Å². The molecule has 0 radical (unpaired) electrons. The summed E-state index contributed by atoms with van der Waals surface area (Å²) in [6, 6.07) is 5.60. The summed E-state index contributed by atoms with van der Waals surface area (Å²) < 4.78 is 11.6. The van der Waals surface area contributed by atoms with E-state index >= 15 is 0 Å². The van der Waals surface area contributed by atoms with Crippen LogP contribution in [0.2, 0.25) is 0 Å². The maximum Gasteiger partial charge on any atom is 0.169 e. The molecule has 1 aromatic carbocycles. The van der Waals surface area contributed by atoms with Crippen LogP contribution < -0.4 is 9.47 Å². The number of ketones is 1. The van der Waals surface area contributed by atoms with Gasteiger partial charge in [0.1, 0.15) is 11.5 Å². The number of carbonyl (C=O) groups is 1. The fourth-order valence-electron chi connectivity index (χ4n) is 2.99. The Kier molecular flexibility index (Phi) is 5.87. The predicted octanol–water partition coefficient (Wildman–Crippen LogP) is 5.02. The Bertz CT molecular complexity index is 499. The van der Waals surface area contributed by atoms with Gasteiger partial charge in [-0.3, -0.25) is 4.79 Å². The highest BCUT2D eigenvalue weighted by Crippen LogP contribution is 2.33. The van der Waals surface area contributed by atoms with E-state index in [4.69, 9.17) is 9.47 Å². The van der Waals surface area contributed by atoms with E-state index in [1.165, 1.54) is 6.42 Å². The lowest BCUT2D eigenvalue weighted by molar-refractivity contribution is 0.0883. The summed E-state index contributed by atoms with van der Waals surface area (Å²) in [5.41, 5.74) is 0.705. The Hall–Kier alpha value is -1.51. The zero-order chi connectivity index (χ0) is 16.1. The minimum absolute atomic E-state index is 0.0344. The van der Waals surface area contributed by atoms with Gasteiger partial charge in [-0.2, -0.15) is 0 Å². The number of rotatable bonds is 6. The van der Waals surface area contributed by atoms with Crippen LogP contribution in [-0.4, -0.2) is 18.0 Å². The van der Waals surface area contributed by atoms with Crippen LogP contribution in [0, 0.1) is 5.92 Å². The zero-order valence-corrected chi connectivity index (χ0v) is 14.2. The third kappa shape index (κ3) is 4.49. The molecule has 0 saturated heterocycles. The molecular formula is C19H28O3. The molecule has 1 aliphatic carbocycles. The lowest BCUT2D eigenvalue weighted by Crippen LogP contribution is -2.20. The molecule has 2 rings (SSSR count). The van der Waals surface area contributed by atoms with E-state index in [0.29, 0.717) is 11.3 Å². The molecule has 0 unspecified atom stereocenters. The third-order valence-corrected chi connectivity index (χ3v) is 3.93. The van der Waals surface area contributed by atoms with Crippen LogP contribution in [0.3, 0.4) is 0 Å². The van der Waals surface area contributed by atoms with Gasteiger partial charge in [0.25, 0.3) is 0 Å². The summed E-state index contributed by atoms with van der Waals surface area (Å²) >= 11 is 0. The van der Waals surface area contributed by atoms with Crippen molar-refractivity contribution in [1.29, 1.82) is 0 Å². The molecular weight excluding hydrogens is 276 g/mol. The molecule has 0 heterocycles. The third-order valence-electron chi connectivity index (χ3n) is 3.93. The van der Waals surface area contributed by atoms with Crippen molar-refractivity contribution in [2.75, 3.05) is 0 Å². The van der Waals surface area contributed by atoms with Crippen molar-refractivity contribution >= 4 is 5.78 Å². The van der Waals surface area contributed by atoms with E-state index in [2.05, 4.69) is 0 Å². The average Bonchev–Trinajstić information content (AvgIpc) is 2.46. The summed E-state index contributed by atoms with van der Waals surface area (Å²) in [5, 5.41) is 0. The first-order chi connectivity index (χ1) is 10.5. The first-order valence-electron chi connectivity index (χ1n) is 8.49. The highest BCUT2D eigenvalue weighted by Gasteiger charge is 2.25. The van der Waals surface area contributed by atoms with Crippen LogP contribution in [-0.2, 0) is 0 Å². The first kappa shape index (κ1) is 16.9. The lowest BCUT2D eigenvalue weighted by Gasteiger charge is -2.22. The van der Waals surface area contributed by atoms with E-state index < -0.39 is 0 Å². The maximum atomic E-state index is 12.8. The highest BCUT2D eigenvalue weighted by atomic mass is 16.5. The molecule has 3 heteroatoms. The largest absolute Gasteiger partial charge is 0.491 e. The summed E-state index contributed by atoms with van der Waals surface area (Å²) in [6.45, 7) is 7.93. The van der Waals surface area contributed by atoms with E-state index in [0.717, 1.165) is 31.4 Å². The number of hydrogen-bond acceptors (Lipinski definition) is 3. The second-order valence-corrected chi connectivity index (χ2v) is 6.69. The molecule has 3 nitrogen and oxygen atoms in total. The molecule has 0 spiro atoms. The summed E-state index contributed by atoms with van der Waals surface area (Å²) in [7, 11) is 0. The Morgan fingerprint density at radius 1 is 1.00 bits per heavy atom. The average molecular weight is 304 g/mol. The molecule has 1 aromatic rings. The predicted molar refractivity (Wildman–Crippen MR) is 88.9 cm³/mol. The van der Waals surface area contributed by atoms with Crippen molar-refractivity contribution in [1.82, 2.24) is 0 Å². The summed E-state index contributed by atoms with van der Waals surface area (Å²) in [5.74, 6) is 1.79. The Morgan fingerprint density at radius 2 is 1.64 bits per heavy atom. The fourth-order valence-corrected chi connectivity index (χ4v) is 2.99. The molecule has 1 fully saturated rings. The van der Waals surface area contributed by atoms with Gasteiger partial charge in [0.15, 0.2) is 5.78 Å². The van der Waals surface area contributed by atoms with Crippen molar-refractivity contribution in [3.63, 3.8) is 0 Å². The van der Waals surface area contributed by atoms with E-state index in [-0.39, 0.29) is 23.9 Å². The molecule has 0 aliphatic heterocycles. The monoisotopic (exact) mass is 304 g/mol. The van der Waals surface area contributed by atoms with Crippen LogP contribution in [0.4, 0.5) is 0 Å². The molecule has 1 saturated carbocycles. The Labute approximate surface area is 134 Å². The molecule has 0 aromatic heterocycles. The van der Waals surface area contributed by atoms with Crippen molar-refractivity contribution in [2.45, 2.75) is 72.0 Å². The van der Waals surface area contributed by atoms with E-state index in [1.54, 1.807) is 0 Å². The number of benzene rings is 1. The number of Topliss-reactive ketones (excluding diaryl/α,β-unsaturated/α-hetero) is 1. The highest BCUT2D eigenvalue weighted by molar-refractivity contribution is 6.00. The molecule has 22 heavy (non-hydrogen) atoms. The summed E-state index contributed by atoms with van der Waals surface area (Å²) in [6.07, 6.45) is 5.71. The smallest absolute Gasteiger partial charge is 0.169 e. The van der Waals surface area contributed by atoms with Gasteiger partial charge in [0.2, 0.25) is 0 Å².